The van der Waals surface area contributed by atoms with E-state index in [1.54, 1.807) is 0 Å². The number of carbonyl (C=O) groups excluding carboxylic acids is 2. The Morgan fingerprint density at radius 3 is 2.43 bits per heavy atom. The predicted octanol–water partition coefficient (Wildman–Crippen LogP) is 0.635. The minimum Gasteiger partial charge on any atom is -0.451 e. The topological polar surface area (TPSA) is 46.6 Å². The summed E-state index contributed by atoms with van der Waals surface area (Å²) in [7, 11) is 0. The molecule has 0 unspecified atom stereocenters. The Morgan fingerprint density at radius 1 is 1.36 bits per heavy atom. The number of rotatable bonds is 2. The molecular formula is C9H12FNO3. The van der Waals surface area contributed by atoms with E-state index < -0.39 is 24.3 Å². The molecule has 14 heavy (non-hydrogen) atoms. The van der Waals surface area contributed by atoms with Gasteiger partial charge >= 0.3 is 11.9 Å². The van der Waals surface area contributed by atoms with Gasteiger partial charge in [0.15, 0.2) is 0 Å². The molecule has 1 aliphatic heterocycles. The second-order valence-corrected chi connectivity index (χ2v) is 3.09. The third-order valence-electron chi connectivity index (χ3n) is 1.93. The van der Waals surface area contributed by atoms with Crippen LogP contribution in [0.1, 0.15) is 12.8 Å². The van der Waals surface area contributed by atoms with Crippen molar-refractivity contribution in [1.29, 1.82) is 0 Å². The molecule has 0 aromatic rings. The molecule has 0 aliphatic carbocycles. The molecular weight excluding hydrogens is 189 g/mol. The van der Waals surface area contributed by atoms with Crippen LogP contribution in [0.15, 0.2) is 12.4 Å². The number of esters is 1. The zero-order valence-corrected chi connectivity index (χ0v) is 7.79. The number of nitrogens with zero attached hydrogens (tertiary/aromatic N) is 1. The van der Waals surface area contributed by atoms with E-state index in [1.807, 2.05) is 0 Å². The lowest BCUT2D eigenvalue weighted by atomic mass is 10.4. The van der Waals surface area contributed by atoms with Gasteiger partial charge in [-0.3, -0.25) is 4.79 Å². The van der Waals surface area contributed by atoms with Crippen LogP contribution < -0.4 is 0 Å². The lowest BCUT2D eigenvalue weighted by Crippen LogP contribution is -2.35. The smallest absolute Gasteiger partial charge is 0.397 e. The average molecular weight is 201 g/mol. The highest BCUT2D eigenvalue weighted by Crippen LogP contribution is 2.08. The summed E-state index contributed by atoms with van der Waals surface area (Å²) in [4.78, 5) is 23.7. The van der Waals surface area contributed by atoms with Crippen molar-refractivity contribution >= 4 is 11.9 Å². The van der Waals surface area contributed by atoms with E-state index in [9.17, 15) is 14.0 Å². The Morgan fingerprint density at radius 2 is 1.93 bits per heavy atom. The summed E-state index contributed by atoms with van der Waals surface area (Å²) < 4.78 is 16.5. The molecule has 0 aromatic carbocycles. The molecule has 1 amide bonds. The fraction of sp³-hybridized carbons (Fsp3) is 0.556. The molecule has 1 heterocycles. The van der Waals surface area contributed by atoms with Gasteiger partial charge in [0.25, 0.3) is 0 Å². The second-order valence-electron chi connectivity index (χ2n) is 3.09. The monoisotopic (exact) mass is 201 g/mol. The van der Waals surface area contributed by atoms with Gasteiger partial charge in [0, 0.05) is 13.1 Å². The maximum atomic E-state index is 12.1. The van der Waals surface area contributed by atoms with Crippen molar-refractivity contribution in [3.05, 3.63) is 12.4 Å². The first kappa shape index (κ1) is 10.7. The van der Waals surface area contributed by atoms with Crippen LogP contribution in [-0.2, 0) is 14.3 Å². The molecule has 0 atom stereocenters. The predicted molar refractivity (Wildman–Crippen MR) is 47.0 cm³/mol. The minimum atomic E-state index is -1.01. The summed E-state index contributed by atoms with van der Waals surface area (Å²) in [6.45, 7) is 3.52. The minimum absolute atomic E-state index is 0.543. The number of carbonyl (C=O) groups is 2. The molecule has 0 N–H and O–H groups in total. The van der Waals surface area contributed by atoms with Gasteiger partial charge in [-0.2, -0.15) is 0 Å². The normalized spacial score (nSPS) is 15.4. The van der Waals surface area contributed by atoms with Gasteiger partial charge in [-0.15, -0.1) is 0 Å². The molecule has 1 rings (SSSR count). The summed E-state index contributed by atoms with van der Waals surface area (Å²) in [5.74, 6) is -2.47. The molecule has 0 radical (unpaired) electrons. The van der Waals surface area contributed by atoms with E-state index in [4.69, 9.17) is 0 Å². The Labute approximate surface area is 81.3 Å². The maximum Gasteiger partial charge on any atom is 0.397 e. The van der Waals surface area contributed by atoms with E-state index in [0.29, 0.717) is 13.1 Å². The standard InChI is InChI=1S/C9H12FNO3/c1-7(10)6-14-9(13)8(12)11-4-2-3-5-11/h1-6H2. The third-order valence-corrected chi connectivity index (χ3v) is 1.93. The molecule has 1 fully saturated rings. The van der Waals surface area contributed by atoms with Crippen LogP contribution in [0, 0.1) is 0 Å². The molecule has 4 nitrogen and oxygen atoms in total. The van der Waals surface area contributed by atoms with Crippen LogP contribution in [0.2, 0.25) is 0 Å². The zero-order valence-electron chi connectivity index (χ0n) is 7.79. The second kappa shape index (κ2) is 4.74. The number of ether oxygens (including phenoxy) is 1. The number of halogens is 1. The first-order valence-corrected chi connectivity index (χ1v) is 4.40. The molecule has 78 valence electrons. The molecule has 5 heteroatoms. The molecule has 1 aliphatic rings. The van der Waals surface area contributed by atoms with Crippen LogP contribution in [0.5, 0.6) is 0 Å². The zero-order chi connectivity index (χ0) is 10.6. The molecule has 0 aromatic heterocycles. The Hall–Kier alpha value is -1.39. The summed E-state index contributed by atoms with van der Waals surface area (Å²) in [6.07, 6.45) is 1.80. The fourth-order valence-electron chi connectivity index (χ4n) is 1.25. The van der Waals surface area contributed by atoms with Crippen molar-refractivity contribution in [2.24, 2.45) is 0 Å². The van der Waals surface area contributed by atoms with Gasteiger partial charge < -0.3 is 9.64 Å². The largest absolute Gasteiger partial charge is 0.451 e. The summed E-state index contributed by atoms with van der Waals surface area (Å²) in [5.41, 5.74) is 0. The molecule has 1 saturated heterocycles. The van der Waals surface area contributed by atoms with Crippen molar-refractivity contribution in [2.45, 2.75) is 12.8 Å². The van der Waals surface area contributed by atoms with Crippen molar-refractivity contribution < 1.29 is 18.7 Å². The van der Waals surface area contributed by atoms with E-state index in [-0.39, 0.29) is 0 Å². The lowest BCUT2D eigenvalue weighted by molar-refractivity contribution is -0.159. The van der Waals surface area contributed by atoms with E-state index in [1.165, 1.54) is 4.90 Å². The van der Waals surface area contributed by atoms with Crippen molar-refractivity contribution in [3.8, 4) is 0 Å². The summed E-state index contributed by atoms with van der Waals surface area (Å²) >= 11 is 0. The number of hydrogen-bond donors (Lipinski definition) is 0. The Bertz CT molecular complexity index is 259. The van der Waals surface area contributed by atoms with Crippen LogP contribution >= 0.6 is 0 Å². The van der Waals surface area contributed by atoms with Crippen LogP contribution in [0.4, 0.5) is 4.39 Å². The Kier molecular flexibility index (Phi) is 3.62. The van der Waals surface area contributed by atoms with Gasteiger partial charge in [0.05, 0.1) is 0 Å². The molecule has 0 spiro atoms. The highest BCUT2D eigenvalue weighted by Gasteiger charge is 2.25. The van der Waals surface area contributed by atoms with Gasteiger partial charge in [0.1, 0.15) is 12.4 Å². The first-order chi connectivity index (χ1) is 6.61. The van der Waals surface area contributed by atoms with Crippen molar-refractivity contribution in [1.82, 2.24) is 4.90 Å². The summed E-state index contributed by atoms with van der Waals surface area (Å²) in [5, 5.41) is 0. The third kappa shape index (κ3) is 2.83. The fourth-order valence-corrected chi connectivity index (χ4v) is 1.25. The van der Waals surface area contributed by atoms with Gasteiger partial charge in [-0.05, 0) is 12.8 Å². The van der Waals surface area contributed by atoms with E-state index in [0.717, 1.165) is 12.8 Å². The van der Waals surface area contributed by atoms with Crippen molar-refractivity contribution in [3.63, 3.8) is 0 Å². The van der Waals surface area contributed by atoms with Gasteiger partial charge in [0.2, 0.25) is 0 Å². The van der Waals surface area contributed by atoms with Crippen LogP contribution in [-0.4, -0.2) is 36.5 Å². The average Bonchev–Trinajstić information content (AvgIpc) is 2.65. The summed E-state index contributed by atoms with van der Waals surface area (Å²) in [6, 6.07) is 0. The number of likely N-dealkylation sites (tertiary alicyclic amines) is 1. The van der Waals surface area contributed by atoms with Crippen LogP contribution in [0.3, 0.4) is 0 Å². The molecule has 0 bridgehead atoms. The van der Waals surface area contributed by atoms with Gasteiger partial charge in [-0.25, -0.2) is 9.18 Å². The van der Waals surface area contributed by atoms with Gasteiger partial charge in [-0.1, -0.05) is 6.58 Å². The quantitative estimate of drug-likeness (QED) is 0.486. The first-order valence-electron chi connectivity index (χ1n) is 4.40. The van der Waals surface area contributed by atoms with Crippen molar-refractivity contribution in [2.75, 3.05) is 19.7 Å². The SMILES string of the molecule is C=C(F)COC(=O)C(=O)N1CCCC1. The Balaban J connectivity index is 2.36. The highest BCUT2D eigenvalue weighted by molar-refractivity contribution is 6.32. The van der Waals surface area contributed by atoms with E-state index in [2.05, 4.69) is 11.3 Å². The number of amides is 1. The number of hydrogen-bond acceptors (Lipinski definition) is 3. The van der Waals surface area contributed by atoms with Crippen LogP contribution in [0.25, 0.3) is 0 Å². The maximum absolute atomic E-state index is 12.1. The highest BCUT2D eigenvalue weighted by atomic mass is 19.1. The van der Waals surface area contributed by atoms with E-state index >= 15 is 0 Å². The lowest BCUT2D eigenvalue weighted by Gasteiger charge is -2.13. The molecule has 0 saturated carbocycles.